The molecule has 2 rings (SSSR count). The summed E-state index contributed by atoms with van der Waals surface area (Å²) in [4.78, 5) is 11.0. The summed E-state index contributed by atoms with van der Waals surface area (Å²) < 4.78 is 26.5. The Labute approximate surface area is 125 Å². The van der Waals surface area contributed by atoms with Gasteiger partial charge in [0.25, 0.3) is 0 Å². The van der Waals surface area contributed by atoms with Gasteiger partial charge in [-0.2, -0.15) is 5.26 Å². The average molecular weight is 322 g/mol. The number of hydrogen-bond acceptors (Lipinski definition) is 5. The number of sulfonamides is 1. The number of thiophene rings is 1. The quantitative estimate of drug-likeness (QED) is 0.872. The van der Waals surface area contributed by atoms with Crippen molar-refractivity contribution >= 4 is 27.3 Å². The zero-order chi connectivity index (χ0) is 15.5. The summed E-state index contributed by atoms with van der Waals surface area (Å²) >= 11 is 0.892. The first-order valence-corrected chi connectivity index (χ1v) is 8.04. The second-order valence-corrected chi connectivity index (χ2v) is 7.13. The molecule has 21 heavy (non-hydrogen) atoms. The summed E-state index contributed by atoms with van der Waals surface area (Å²) in [6.45, 7) is 0.0437. The van der Waals surface area contributed by atoms with Gasteiger partial charge in [0.15, 0.2) is 0 Å². The van der Waals surface area contributed by atoms with E-state index in [0.717, 1.165) is 11.3 Å². The Morgan fingerprint density at radius 3 is 2.43 bits per heavy atom. The highest BCUT2D eigenvalue weighted by Crippen LogP contribution is 2.20. The lowest BCUT2D eigenvalue weighted by atomic mass is 10.1. The second-order valence-electron chi connectivity index (χ2n) is 4.06. The van der Waals surface area contributed by atoms with Crippen LogP contribution in [-0.2, 0) is 16.6 Å². The van der Waals surface area contributed by atoms with Crippen LogP contribution in [-0.4, -0.2) is 19.5 Å². The molecule has 0 bridgehead atoms. The Morgan fingerprint density at radius 2 is 1.90 bits per heavy atom. The van der Waals surface area contributed by atoms with Gasteiger partial charge in [-0.1, -0.05) is 12.1 Å². The number of rotatable bonds is 5. The van der Waals surface area contributed by atoms with Crippen molar-refractivity contribution in [3.63, 3.8) is 0 Å². The van der Waals surface area contributed by atoms with E-state index in [9.17, 15) is 13.2 Å². The third-order valence-corrected chi connectivity index (χ3v) is 5.51. The molecule has 0 aliphatic heterocycles. The maximum atomic E-state index is 12.0. The van der Waals surface area contributed by atoms with Crippen LogP contribution < -0.4 is 4.72 Å². The van der Waals surface area contributed by atoms with Crippen LogP contribution in [0.15, 0.2) is 40.6 Å². The van der Waals surface area contributed by atoms with Crippen LogP contribution in [0.1, 0.15) is 20.8 Å². The van der Waals surface area contributed by atoms with Gasteiger partial charge in [0.05, 0.1) is 5.56 Å². The van der Waals surface area contributed by atoms with Crippen molar-refractivity contribution in [3.8, 4) is 6.07 Å². The van der Waals surface area contributed by atoms with Crippen LogP contribution in [0.5, 0.6) is 0 Å². The maximum absolute atomic E-state index is 12.0. The fraction of sp³-hybridized carbons (Fsp3) is 0.0769. The third-order valence-electron chi connectivity index (χ3n) is 2.62. The number of aromatic carboxylic acids is 1. The standard InChI is InChI=1S/C13H10N2O4S2/c14-7-11-5-6-12(20-11)21(18,19)15-8-9-1-3-10(4-2-9)13(16)17/h1-6,15H,8H2,(H,16,17). The van der Waals surface area contributed by atoms with Crippen LogP contribution in [0.25, 0.3) is 0 Å². The van der Waals surface area contributed by atoms with Gasteiger partial charge in [-0.05, 0) is 29.8 Å². The van der Waals surface area contributed by atoms with Gasteiger partial charge in [0.1, 0.15) is 15.2 Å². The predicted octanol–water partition coefficient (Wildman–Crippen LogP) is 1.80. The number of hydrogen-bond donors (Lipinski definition) is 2. The van der Waals surface area contributed by atoms with E-state index in [0.29, 0.717) is 10.4 Å². The molecule has 0 fully saturated rings. The molecular weight excluding hydrogens is 312 g/mol. The SMILES string of the molecule is N#Cc1ccc(S(=O)(=O)NCc2ccc(C(=O)O)cc2)s1. The maximum Gasteiger partial charge on any atom is 0.335 e. The fourth-order valence-electron chi connectivity index (χ4n) is 1.54. The summed E-state index contributed by atoms with van der Waals surface area (Å²) in [5.74, 6) is -1.04. The van der Waals surface area contributed by atoms with Gasteiger partial charge in [-0.15, -0.1) is 11.3 Å². The Bertz CT molecular complexity index is 801. The van der Waals surface area contributed by atoms with E-state index in [4.69, 9.17) is 10.4 Å². The monoisotopic (exact) mass is 322 g/mol. The van der Waals surface area contributed by atoms with Crippen molar-refractivity contribution in [2.75, 3.05) is 0 Å². The molecular formula is C13H10N2O4S2. The molecule has 0 amide bonds. The van der Waals surface area contributed by atoms with Crippen LogP contribution in [0.4, 0.5) is 0 Å². The first kappa shape index (κ1) is 15.2. The lowest BCUT2D eigenvalue weighted by Crippen LogP contribution is -2.22. The number of nitrogens with zero attached hydrogens (tertiary/aromatic N) is 1. The van der Waals surface area contributed by atoms with Gasteiger partial charge in [-0.25, -0.2) is 17.9 Å². The number of benzene rings is 1. The molecule has 1 heterocycles. The smallest absolute Gasteiger partial charge is 0.335 e. The van der Waals surface area contributed by atoms with Crippen LogP contribution in [0.3, 0.4) is 0 Å². The minimum absolute atomic E-state index is 0.0437. The van der Waals surface area contributed by atoms with E-state index in [1.165, 1.54) is 24.3 Å². The zero-order valence-corrected chi connectivity index (χ0v) is 12.2. The van der Waals surface area contributed by atoms with E-state index >= 15 is 0 Å². The molecule has 108 valence electrons. The number of nitrogens with one attached hydrogen (secondary N) is 1. The molecule has 1 aromatic carbocycles. The lowest BCUT2D eigenvalue weighted by molar-refractivity contribution is 0.0697. The van der Waals surface area contributed by atoms with E-state index in [1.807, 2.05) is 6.07 Å². The Morgan fingerprint density at radius 1 is 1.24 bits per heavy atom. The van der Waals surface area contributed by atoms with Crippen LogP contribution in [0, 0.1) is 11.3 Å². The highest BCUT2D eigenvalue weighted by Gasteiger charge is 2.16. The van der Waals surface area contributed by atoms with Crippen LogP contribution >= 0.6 is 11.3 Å². The molecule has 0 saturated carbocycles. The normalized spacial score (nSPS) is 11.0. The van der Waals surface area contributed by atoms with E-state index in [1.54, 1.807) is 12.1 Å². The molecule has 2 aromatic rings. The highest BCUT2D eigenvalue weighted by molar-refractivity contribution is 7.91. The van der Waals surface area contributed by atoms with Gasteiger partial charge >= 0.3 is 5.97 Å². The number of carboxylic acids is 1. The zero-order valence-electron chi connectivity index (χ0n) is 10.6. The van der Waals surface area contributed by atoms with Crippen molar-refractivity contribution in [1.82, 2.24) is 4.72 Å². The van der Waals surface area contributed by atoms with Crippen molar-refractivity contribution < 1.29 is 18.3 Å². The Kier molecular flexibility index (Phi) is 4.37. The summed E-state index contributed by atoms with van der Waals surface area (Å²) in [6, 6.07) is 10.6. The number of nitriles is 1. The fourth-order valence-corrected chi connectivity index (χ4v) is 3.70. The molecule has 0 unspecified atom stereocenters. The predicted molar refractivity (Wildman–Crippen MR) is 76.5 cm³/mol. The van der Waals surface area contributed by atoms with E-state index in [2.05, 4.69) is 4.72 Å². The van der Waals surface area contributed by atoms with Gasteiger partial charge in [-0.3, -0.25) is 0 Å². The molecule has 0 radical (unpaired) electrons. The van der Waals surface area contributed by atoms with Gasteiger partial charge < -0.3 is 5.11 Å². The molecule has 8 heteroatoms. The average Bonchev–Trinajstić information content (AvgIpc) is 2.95. The Balaban J connectivity index is 2.08. The number of carbonyl (C=O) groups is 1. The molecule has 0 aliphatic carbocycles. The van der Waals surface area contributed by atoms with Gasteiger partial charge in [0, 0.05) is 6.54 Å². The minimum Gasteiger partial charge on any atom is -0.478 e. The molecule has 6 nitrogen and oxygen atoms in total. The highest BCUT2D eigenvalue weighted by atomic mass is 32.2. The van der Waals surface area contributed by atoms with E-state index < -0.39 is 16.0 Å². The largest absolute Gasteiger partial charge is 0.478 e. The lowest BCUT2D eigenvalue weighted by Gasteiger charge is -2.05. The first-order chi connectivity index (χ1) is 9.92. The molecule has 0 spiro atoms. The number of carboxylic acid groups (broad SMARTS) is 1. The summed E-state index contributed by atoms with van der Waals surface area (Å²) in [6.07, 6.45) is 0. The van der Waals surface area contributed by atoms with Crippen molar-refractivity contribution in [2.24, 2.45) is 0 Å². The van der Waals surface area contributed by atoms with Crippen LogP contribution in [0.2, 0.25) is 0 Å². The summed E-state index contributed by atoms with van der Waals surface area (Å²) in [5, 5.41) is 17.5. The molecule has 0 aliphatic rings. The summed E-state index contributed by atoms with van der Waals surface area (Å²) in [5.41, 5.74) is 0.777. The third kappa shape index (κ3) is 3.66. The summed E-state index contributed by atoms with van der Waals surface area (Å²) in [7, 11) is -3.67. The molecule has 1 aromatic heterocycles. The molecule has 0 atom stereocenters. The first-order valence-electron chi connectivity index (χ1n) is 5.74. The Hall–Kier alpha value is -2.21. The van der Waals surface area contributed by atoms with E-state index in [-0.39, 0.29) is 16.3 Å². The van der Waals surface area contributed by atoms with Crippen molar-refractivity contribution in [2.45, 2.75) is 10.8 Å². The molecule has 2 N–H and O–H groups in total. The second kappa shape index (κ2) is 6.05. The van der Waals surface area contributed by atoms with Crippen molar-refractivity contribution in [3.05, 3.63) is 52.4 Å². The van der Waals surface area contributed by atoms with Gasteiger partial charge in [0.2, 0.25) is 10.0 Å². The topological polar surface area (TPSA) is 107 Å². The van der Waals surface area contributed by atoms with Crippen molar-refractivity contribution in [1.29, 1.82) is 5.26 Å². The molecule has 0 saturated heterocycles. The minimum atomic E-state index is -3.67.